The first-order valence-electron chi connectivity index (χ1n) is 7.06. The molecule has 5 nitrogen and oxygen atoms in total. The van der Waals surface area contributed by atoms with Crippen LogP contribution in [0.15, 0.2) is 24.3 Å². The Balaban J connectivity index is 2.23. The predicted octanol–water partition coefficient (Wildman–Crippen LogP) is 1.57. The zero-order chi connectivity index (χ0) is 17.0. The number of rotatable bonds is 4. The molecular weight excluding hydrogens is 313 g/mol. The topological polar surface area (TPSA) is 58.6 Å². The molecule has 1 N–H and O–H groups in total. The Bertz CT molecular complexity index is 590. The number of hydrogen-bond acceptors (Lipinski definition) is 4. The van der Waals surface area contributed by atoms with Crippen LogP contribution >= 0.6 is 0 Å². The van der Waals surface area contributed by atoms with Crippen LogP contribution in [0, 0.1) is 0 Å². The normalized spacial score (nSPS) is 19.3. The lowest BCUT2D eigenvalue weighted by Gasteiger charge is -2.34. The maximum Gasteiger partial charge on any atom is 0.416 e. The fourth-order valence-corrected chi connectivity index (χ4v) is 2.57. The fraction of sp³-hybridized carbons (Fsp3) is 0.467. The van der Waals surface area contributed by atoms with Crippen molar-refractivity contribution in [3.05, 3.63) is 35.4 Å². The second-order valence-corrected chi connectivity index (χ2v) is 5.21. The van der Waals surface area contributed by atoms with Gasteiger partial charge in [-0.15, -0.1) is 0 Å². The van der Waals surface area contributed by atoms with Crippen LogP contribution in [-0.2, 0) is 27.0 Å². The molecule has 1 atom stereocenters. The quantitative estimate of drug-likeness (QED) is 0.852. The van der Waals surface area contributed by atoms with E-state index in [1.54, 1.807) is 4.90 Å². The van der Waals surface area contributed by atoms with E-state index < -0.39 is 23.8 Å². The summed E-state index contributed by atoms with van der Waals surface area (Å²) in [7, 11) is 1.20. The van der Waals surface area contributed by atoms with Gasteiger partial charge in [0, 0.05) is 19.6 Å². The Morgan fingerprint density at radius 3 is 2.74 bits per heavy atom. The van der Waals surface area contributed by atoms with Crippen molar-refractivity contribution in [1.29, 1.82) is 0 Å². The smallest absolute Gasteiger partial charge is 0.416 e. The Labute approximate surface area is 131 Å². The molecule has 0 aliphatic carbocycles. The minimum Gasteiger partial charge on any atom is -0.469 e. The molecule has 0 radical (unpaired) electrons. The summed E-state index contributed by atoms with van der Waals surface area (Å²) < 4.78 is 43.8. The van der Waals surface area contributed by atoms with Crippen LogP contribution < -0.4 is 5.32 Å². The van der Waals surface area contributed by atoms with Gasteiger partial charge in [-0.1, -0.05) is 18.2 Å². The minimum absolute atomic E-state index is 0.0647. The molecule has 0 bridgehead atoms. The van der Waals surface area contributed by atoms with E-state index in [0.717, 1.165) is 6.07 Å². The van der Waals surface area contributed by atoms with Gasteiger partial charge in [0.25, 0.3) is 0 Å². The van der Waals surface area contributed by atoms with Gasteiger partial charge in [0.2, 0.25) is 5.91 Å². The number of hydrogen-bond donors (Lipinski definition) is 1. The number of esters is 1. The highest BCUT2D eigenvalue weighted by molar-refractivity contribution is 5.87. The fourth-order valence-electron chi connectivity index (χ4n) is 2.57. The van der Waals surface area contributed by atoms with Gasteiger partial charge >= 0.3 is 12.1 Å². The molecule has 126 valence electrons. The summed E-state index contributed by atoms with van der Waals surface area (Å²) in [5.74, 6) is -0.965. The van der Waals surface area contributed by atoms with E-state index in [0.29, 0.717) is 13.1 Å². The van der Waals surface area contributed by atoms with Crippen LogP contribution in [0.3, 0.4) is 0 Å². The van der Waals surface area contributed by atoms with Crippen molar-refractivity contribution >= 4 is 11.9 Å². The lowest BCUT2D eigenvalue weighted by molar-refractivity contribution is -0.146. The van der Waals surface area contributed by atoms with E-state index in [-0.39, 0.29) is 24.4 Å². The molecule has 23 heavy (non-hydrogen) atoms. The zero-order valence-electron chi connectivity index (χ0n) is 12.5. The molecule has 1 aromatic carbocycles. The molecule has 1 saturated heterocycles. The lowest BCUT2D eigenvalue weighted by atomic mass is 10.0. The number of carbonyl (C=O) groups is 2. The van der Waals surface area contributed by atoms with Gasteiger partial charge in [0.1, 0.15) is 6.04 Å². The van der Waals surface area contributed by atoms with Crippen LogP contribution in [0.2, 0.25) is 0 Å². The second-order valence-electron chi connectivity index (χ2n) is 5.21. The third-order valence-corrected chi connectivity index (χ3v) is 3.73. The molecule has 0 aromatic heterocycles. The summed E-state index contributed by atoms with van der Waals surface area (Å²) >= 11 is 0. The van der Waals surface area contributed by atoms with Crippen molar-refractivity contribution in [2.75, 3.05) is 20.2 Å². The van der Waals surface area contributed by atoms with E-state index >= 15 is 0 Å². The summed E-state index contributed by atoms with van der Waals surface area (Å²) in [6.07, 6.45) is -4.66. The molecule has 2 rings (SSSR count). The molecule has 1 aliphatic heterocycles. The average molecular weight is 330 g/mol. The molecule has 1 fully saturated rings. The number of nitrogens with one attached hydrogen (secondary N) is 1. The molecule has 1 heterocycles. The first-order valence-corrected chi connectivity index (χ1v) is 7.06. The van der Waals surface area contributed by atoms with Crippen molar-refractivity contribution in [1.82, 2.24) is 10.2 Å². The number of methoxy groups -OCH3 is 1. The lowest BCUT2D eigenvalue weighted by Crippen LogP contribution is -2.55. The summed E-state index contributed by atoms with van der Waals surface area (Å²) in [4.78, 5) is 25.0. The summed E-state index contributed by atoms with van der Waals surface area (Å²) in [5, 5.41) is 2.61. The highest BCUT2D eigenvalue weighted by atomic mass is 19.4. The Hall–Kier alpha value is -2.09. The van der Waals surface area contributed by atoms with Gasteiger partial charge in [0.15, 0.2) is 0 Å². The van der Waals surface area contributed by atoms with Crippen LogP contribution in [-0.4, -0.2) is 43.0 Å². The highest BCUT2D eigenvalue weighted by Gasteiger charge is 2.36. The van der Waals surface area contributed by atoms with Crippen molar-refractivity contribution in [2.24, 2.45) is 0 Å². The predicted molar refractivity (Wildman–Crippen MR) is 75.3 cm³/mol. The molecule has 0 spiro atoms. The number of alkyl halides is 3. The maximum atomic E-state index is 13.1. The number of carbonyl (C=O) groups excluding carboxylic acids is 2. The van der Waals surface area contributed by atoms with Crippen molar-refractivity contribution in [3.8, 4) is 0 Å². The Kier molecular flexibility index (Phi) is 5.25. The van der Waals surface area contributed by atoms with Gasteiger partial charge in [-0.25, -0.2) is 0 Å². The molecule has 0 saturated carbocycles. The largest absolute Gasteiger partial charge is 0.469 e. The van der Waals surface area contributed by atoms with Crippen LogP contribution in [0.25, 0.3) is 0 Å². The third-order valence-electron chi connectivity index (χ3n) is 3.73. The van der Waals surface area contributed by atoms with Crippen molar-refractivity contribution < 1.29 is 27.5 Å². The Morgan fingerprint density at radius 2 is 2.09 bits per heavy atom. The molecule has 0 unspecified atom stereocenters. The van der Waals surface area contributed by atoms with Crippen LogP contribution in [0.4, 0.5) is 13.2 Å². The van der Waals surface area contributed by atoms with Crippen molar-refractivity contribution in [3.63, 3.8) is 0 Å². The van der Waals surface area contributed by atoms with Gasteiger partial charge in [-0.2, -0.15) is 13.2 Å². The SMILES string of the molecule is COC(=O)C[C@@H]1C(=O)NCCN1Cc1ccccc1C(F)(F)F. The number of piperazine rings is 1. The monoisotopic (exact) mass is 330 g/mol. The average Bonchev–Trinajstić information content (AvgIpc) is 2.50. The van der Waals surface area contributed by atoms with Crippen LogP contribution in [0.1, 0.15) is 17.5 Å². The van der Waals surface area contributed by atoms with Gasteiger partial charge < -0.3 is 10.1 Å². The van der Waals surface area contributed by atoms with Gasteiger partial charge in [0.05, 0.1) is 19.1 Å². The first-order chi connectivity index (χ1) is 10.8. The third kappa shape index (κ3) is 4.22. The number of ether oxygens (including phenoxy) is 1. The second kappa shape index (κ2) is 6.99. The molecule has 1 aliphatic rings. The summed E-state index contributed by atoms with van der Waals surface area (Å²) in [5.41, 5.74) is -0.660. The summed E-state index contributed by atoms with van der Waals surface area (Å²) in [6.45, 7) is 0.620. The van der Waals surface area contributed by atoms with E-state index in [1.165, 1.54) is 25.3 Å². The molecular formula is C15H17F3N2O3. The van der Waals surface area contributed by atoms with Gasteiger partial charge in [-0.3, -0.25) is 14.5 Å². The molecule has 1 amide bonds. The van der Waals surface area contributed by atoms with Gasteiger partial charge in [-0.05, 0) is 11.6 Å². The van der Waals surface area contributed by atoms with E-state index in [2.05, 4.69) is 10.1 Å². The van der Waals surface area contributed by atoms with E-state index in [1.807, 2.05) is 0 Å². The minimum atomic E-state index is -4.47. The van der Waals surface area contributed by atoms with E-state index in [9.17, 15) is 22.8 Å². The van der Waals surface area contributed by atoms with E-state index in [4.69, 9.17) is 0 Å². The molecule has 1 aromatic rings. The number of amides is 1. The Morgan fingerprint density at radius 1 is 1.39 bits per heavy atom. The zero-order valence-corrected chi connectivity index (χ0v) is 12.5. The highest BCUT2D eigenvalue weighted by Crippen LogP contribution is 2.32. The first kappa shape index (κ1) is 17.3. The number of nitrogens with zero attached hydrogens (tertiary/aromatic N) is 1. The summed E-state index contributed by atoms with van der Waals surface area (Å²) in [6, 6.07) is 4.39. The molecule has 8 heteroatoms. The maximum absolute atomic E-state index is 13.1. The number of benzene rings is 1. The van der Waals surface area contributed by atoms with Crippen LogP contribution in [0.5, 0.6) is 0 Å². The standard InChI is InChI=1S/C15H17F3N2O3/c1-23-13(21)8-12-14(22)19-6-7-20(12)9-10-4-2-3-5-11(10)15(16,17)18/h2-5,12H,6-9H2,1H3,(H,19,22)/t12-/m1/s1. The number of halogens is 3. The van der Waals surface area contributed by atoms with Crippen molar-refractivity contribution in [2.45, 2.75) is 25.2 Å².